The molecule has 0 saturated carbocycles. The van der Waals surface area contributed by atoms with Gasteiger partial charge in [0, 0.05) is 11.6 Å². The van der Waals surface area contributed by atoms with Gasteiger partial charge in [0.25, 0.3) is 0 Å². The van der Waals surface area contributed by atoms with Crippen LogP contribution in [-0.4, -0.2) is 29.0 Å². The minimum Gasteiger partial charge on any atom is -0.488 e. The maximum absolute atomic E-state index is 12.4. The summed E-state index contributed by atoms with van der Waals surface area (Å²) in [5, 5.41) is 3.25. The second-order valence-electron chi connectivity index (χ2n) is 6.96. The Kier molecular flexibility index (Phi) is 6.12. The number of nitrogens with zero attached hydrogens (tertiary/aromatic N) is 2. The van der Waals surface area contributed by atoms with E-state index in [0.29, 0.717) is 18.1 Å². The summed E-state index contributed by atoms with van der Waals surface area (Å²) in [4.78, 5) is 20.9. The quantitative estimate of drug-likeness (QED) is 0.649. The fourth-order valence-corrected chi connectivity index (χ4v) is 3.33. The summed E-state index contributed by atoms with van der Waals surface area (Å²) in [6, 6.07) is 19.3. The minimum absolute atomic E-state index is 0.0869. The number of carbonyl (C=O) groups excluding carboxylic acids is 1. The van der Waals surface area contributed by atoms with E-state index in [4.69, 9.17) is 9.47 Å². The molecule has 0 spiro atoms. The molecular weight excluding hydrogens is 366 g/mol. The number of nitrogens with one attached hydrogen (secondary N) is 1. The molecular formula is C23H23N3O3. The van der Waals surface area contributed by atoms with Crippen molar-refractivity contribution in [2.24, 2.45) is 5.92 Å². The van der Waals surface area contributed by atoms with Crippen molar-refractivity contribution in [2.75, 3.05) is 13.1 Å². The summed E-state index contributed by atoms with van der Waals surface area (Å²) in [6.07, 6.45) is 2.98. The molecule has 6 heteroatoms. The molecule has 6 nitrogen and oxygen atoms in total. The summed E-state index contributed by atoms with van der Waals surface area (Å²) < 4.78 is 11.5. The highest BCUT2D eigenvalue weighted by Crippen LogP contribution is 2.30. The number of rotatable bonds is 6. The van der Waals surface area contributed by atoms with Crippen LogP contribution in [0.3, 0.4) is 0 Å². The Bertz CT molecular complexity index is 956. The second-order valence-corrected chi connectivity index (χ2v) is 6.96. The third-order valence-electron chi connectivity index (χ3n) is 4.92. The molecule has 1 aliphatic heterocycles. The number of hydrogen-bond donors (Lipinski definition) is 1. The van der Waals surface area contributed by atoms with Crippen LogP contribution in [0.4, 0.5) is 0 Å². The Hall–Kier alpha value is -3.25. The van der Waals surface area contributed by atoms with Crippen molar-refractivity contribution in [3.05, 3.63) is 72.6 Å². The maximum atomic E-state index is 12.4. The van der Waals surface area contributed by atoms with E-state index in [1.807, 2.05) is 54.6 Å². The van der Waals surface area contributed by atoms with Gasteiger partial charge in [-0.25, -0.2) is 9.97 Å². The highest BCUT2D eigenvalue weighted by Gasteiger charge is 2.23. The molecule has 2 aromatic carbocycles. The van der Waals surface area contributed by atoms with Crippen LogP contribution in [0, 0.1) is 5.92 Å². The maximum Gasteiger partial charge on any atom is 0.315 e. The summed E-state index contributed by atoms with van der Waals surface area (Å²) in [5.41, 5.74) is 2.56. The van der Waals surface area contributed by atoms with Gasteiger partial charge in [0.1, 0.15) is 18.7 Å². The summed E-state index contributed by atoms with van der Waals surface area (Å²) in [6.45, 7) is 2.13. The molecule has 1 fully saturated rings. The molecule has 1 saturated heterocycles. The third kappa shape index (κ3) is 4.97. The SMILES string of the molecule is O=C(Oc1cc(-c2ccccc2OCc2ccccc2)ncn1)C1CCNCC1. The fraction of sp³-hybridized carbons (Fsp3) is 0.261. The Morgan fingerprint density at radius 3 is 2.59 bits per heavy atom. The summed E-state index contributed by atoms with van der Waals surface area (Å²) >= 11 is 0. The van der Waals surface area contributed by atoms with E-state index >= 15 is 0 Å². The normalized spacial score (nSPS) is 14.3. The van der Waals surface area contributed by atoms with Crippen molar-refractivity contribution < 1.29 is 14.3 Å². The summed E-state index contributed by atoms with van der Waals surface area (Å²) in [7, 11) is 0. The first-order valence-corrected chi connectivity index (χ1v) is 9.80. The highest BCUT2D eigenvalue weighted by molar-refractivity contribution is 5.75. The van der Waals surface area contributed by atoms with Crippen LogP contribution >= 0.6 is 0 Å². The fourth-order valence-electron chi connectivity index (χ4n) is 3.33. The first kappa shape index (κ1) is 19.1. The number of carbonyl (C=O) groups is 1. The molecule has 0 radical (unpaired) electrons. The number of esters is 1. The minimum atomic E-state index is -0.232. The smallest absolute Gasteiger partial charge is 0.315 e. The van der Waals surface area contributed by atoms with Gasteiger partial charge in [0.05, 0.1) is 11.6 Å². The molecule has 0 bridgehead atoms. The number of benzene rings is 2. The number of hydrogen-bond acceptors (Lipinski definition) is 6. The predicted octanol–water partition coefficient (Wildman–Crippen LogP) is 3.63. The molecule has 0 atom stereocenters. The van der Waals surface area contributed by atoms with E-state index in [1.54, 1.807) is 6.07 Å². The first-order valence-electron chi connectivity index (χ1n) is 9.80. The lowest BCUT2D eigenvalue weighted by molar-refractivity contribution is -0.140. The van der Waals surface area contributed by atoms with Crippen LogP contribution in [0.15, 0.2) is 67.0 Å². The van der Waals surface area contributed by atoms with Gasteiger partial charge in [-0.15, -0.1) is 0 Å². The van der Waals surface area contributed by atoms with E-state index < -0.39 is 0 Å². The van der Waals surface area contributed by atoms with Crippen molar-refractivity contribution in [1.82, 2.24) is 15.3 Å². The second kappa shape index (κ2) is 9.30. The van der Waals surface area contributed by atoms with E-state index in [-0.39, 0.29) is 17.8 Å². The van der Waals surface area contributed by atoms with Gasteiger partial charge in [-0.2, -0.15) is 0 Å². The van der Waals surface area contributed by atoms with Crippen molar-refractivity contribution in [3.63, 3.8) is 0 Å². The van der Waals surface area contributed by atoms with Gasteiger partial charge < -0.3 is 14.8 Å². The number of ether oxygens (including phenoxy) is 2. The lowest BCUT2D eigenvalue weighted by atomic mass is 9.99. The molecule has 148 valence electrons. The van der Waals surface area contributed by atoms with Crippen molar-refractivity contribution in [1.29, 1.82) is 0 Å². The standard InChI is InChI=1S/C23H23N3O3/c27-23(18-10-12-24-13-11-18)29-22-14-20(25-16-26-22)19-8-4-5-9-21(19)28-15-17-6-2-1-3-7-17/h1-9,14,16,18,24H,10-13,15H2. The van der Waals surface area contributed by atoms with Gasteiger partial charge in [0.2, 0.25) is 5.88 Å². The zero-order valence-electron chi connectivity index (χ0n) is 16.1. The average molecular weight is 389 g/mol. The molecule has 1 aliphatic rings. The van der Waals surface area contributed by atoms with E-state index in [9.17, 15) is 4.79 Å². The first-order chi connectivity index (χ1) is 14.3. The number of para-hydroxylation sites is 1. The molecule has 0 aliphatic carbocycles. The van der Waals surface area contributed by atoms with Crippen LogP contribution in [0.5, 0.6) is 11.6 Å². The molecule has 1 aromatic heterocycles. The van der Waals surface area contributed by atoms with Crippen LogP contribution < -0.4 is 14.8 Å². The zero-order chi connectivity index (χ0) is 19.9. The predicted molar refractivity (Wildman–Crippen MR) is 109 cm³/mol. The van der Waals surface area contributed by atoms with Crippen LogP contribution in [0.25, 0.3) is 11.3 Å². The Morgan fingerprint density at radius 1 is 1.00 bits per heavy atom. The molecule has 29 heavy (non-hydrogen) atoms. The lowest BCUT2D eigenvalue weighted by Crippen LogP contribution is -2.33. The average Bonchev–Trinajstić information content (AvgIpc) is 2.79. The molecule has 2 heterocycles. The molecule has 4 rings (SSSR count). The monoisotopic (exact) mass is 389 g/mol. The largest absolute Gasteiger partial charge is 0.488 e. The van der Waals surface area contributed by atoms with E-state index in [0.717, 1.165) is 37.1 Å². The van der Waals surface area contributed by atoms with Gasteiger partial charge in [0.15, 0.2) is 0 Å². The van der Waals surface area contributed by atoms with Gasteiger partial charge in [-0.3, -0.25) is 4.79 Å². The van der Waals surface area contributed by atoms with Crippen LogP contribution in [0.1, 0.15) is 18.4 Å². The highest BCUT2D eigenvalue weighted by atomic mass is 16.5. The summed E-state index contributed by atoms with van der Waals surface area (Å²) in [5.74, 6) is 0.656. The van der Waals surface area contributed by atoms with Crippen molar-refractivity contribution in [3.8, 4) is 22.9 Å². The van der Waals surface area contributed by atoms with Gasteiger partial charge in [-0.05, 0) is 43.6 Å². The van der Waals surface area contributed by atoms with Crippen LogP contribution in [-0.2, 0) is 11.4 Å². The third-order valence-corrected chi connectivity index (χ3v) is 4.92. The Balaban J connectivity index is 1.50. The topological polar surface area (TPSA) is 73.3 Å². The molecule has 0 unspecified atom stereocenters. The number of aromatic nitrogens is 2. The van der Waals surface area contributed by atoms with Crippen molar-refractivity contribution >= 4 is 5.97 Å². The lowest BCUT2D eigenvalue weighted by Gasteiger charge is -2.20. The zero-order valence-corrected chi connectivity index (χ0v) is 16.1. The Labute approximate surface area is 169 Å². The molecule has 1 N–H and O–H groups in total. The van der Waals surface area contributed by atoms with Crippen molar-refractivity contribution in [2.45, 2.75) is 19.4 Å². The molecule has 0 amide bonds. The van der Waals surface area contributed by atoms with E-state index in [1.165, 1.54) is 6.33 Å². The van der Waals surface area contributed by atoms with Gasteiger partial charge in [-0.1, -0.05) is 42.5 Å². The van der Waals surface area contributed by atoms with Crippen LogP contribution in [0.2, 0.25) is 0 Å². The number of piperidine rings is 1. The van der Waals surface area contributed by atoms with Gasteiger partial charge >= 0.3 is 5.97 Å². The van der Waals surface area contributed by atoms with E-state index in [2.05, 4.69) is 15.3 Å². The molecule has 3 aromatic rings. The Morgan fingerprint density at radius 2 is 1.76 bits per heavy atom.